The monoisotopic (exact) mass is 401 g/mol. The molecular weight excluding hydrogens is 382 g/mol. The Morgan fingerprint density at radius 2 is 1.63 bits per heavy atom. The van der Waals surface area contributed by atoms with Crippen molar-refractivity contribution >= 4 is 40.8 Å². The van der Waals surface area contributed by atoms with E-state index in [1.54, 1.807) is 12.1 Å². The van der Waals surface area contributed by atoms with Crippen molar-refractivity contribution in [2.45, 2.75) is 18.7 Å². The smallest absolute Gasteiger partial charge is 0.268 e. The van der Waals surface area contributed by atoms with E-state index in [2.05, 4.69) is 13.8 Å². The fourth-order valence-corrected chi connectivity index (χ4v) is 3.73. The summed E-state index contributed by atoms with van der Waals surface area (Å²) in [7, 11) is 1.50. The summed E-state index contributed by atoms with van der Waals surface area (Å²) in [5.41, 5.74) is 1.11. The van der Waals surface area contributed by atoms with Crippen LogP contribution >= 0.6 is 23.4 Å². The number of likely N-dealkylation sites (N-methyl/N-ethyl adjacent to an activating group) is 1. The molecule has 0 unspecified atom stereocenters. The van der Waals surface area contributed by atoms with Gasteiger partial charge in [0, 0.05) is 17.0 Å². The quantitative estimate of drug-likeness (QED) is 0.647. The minimum atomic E-state index is -0.299. The third kappa shape index (κ3) is 4.37. The molecule has 2 aromatic rings. The van der Waals surface area contributed by atoms with Gasteiger partial charge in [0.05, 0.1) is 17.1 Å². The van der Waals surface area contributed by atoms with E-state index in [0.29, 0.717) is 33.6 Å². The molecule has 3 rings (SSSR count). The second-order valence-corrected chi connectivity index (χ2v) is 8.18. The van der Waals surface area contributed by atoms with Crippen molar-refractivity contribution in [1.82, 2.24) is 4.90 Å². The van der Waals surface area contributed by atoms with Gasteiger partial charge in [-0.25, -0.2) is 0 Å². The van der Waals surface area contributed by atoms with Gasteiger partial charge in [0.2, 0.25) is 0 Å². The summed E-state index contributed by atoms with van der Waals surface area (Å²) >= 11 is 7.20. The highest BCUT2D eigenvalue weighted by atomic mass is 35.5. The average molecular weight is 402 g/mol. The number of rotatable bonds is 6. The third-order valence-electron chi connectivity index (χ3n) is 4.00. The van der Waals surface area contributed by atoms with Gasteiger partial charge in [0.15, 0.2) is 0 Å². The number of nitrogens with zero attached hydrogens (tertiary/aromatic N) is 1. The van der Waals surface area contributed by atoms with E-state index >= 15 is 0 Å². The van der Waals surface area contributed by atoms with Crippen LogP contribution in [0.4, 0.5) is 0 Å². The number of amides is 2. The first-order valence-corrected chi connectivity index (χ1v) is 9.79. The highest BCUT2D eigenvalue weighted by Gasteiger charge is 2.37. The summed E-state index contributed by atoms with van der Waals surface area (Å²) in [4.78, 5) is 27.7. The van der Waals surface area contributed by atoms with Crippen LogP contribution in [0.3, 0.4) is 0 Å². The van der Waals surface area contributed by atoms with Crippen molar-refractivity contribution < 1.29 is 14.3 Å². The molecule has 6 heteroatoms. The molecule has 2 amide bonds. The molecular formula is C21H20ClNO3S. The fourth-order valence-electron chi connectivity index (χ4n) is 2.57. The molecule has 0 saturated carbocycles. The zero-order valence-corrected chi connectivity index (χ0v) is 16.9. The Morgan fingerprint density at radius 3 is 2.22 bits per heavy atom. The van der Waals surface area contributed by atoms with Gasteiger partial charge in [-0.15, -0.1) is 0 Å². The maximum atomic E-state index is 12.7. The SMILES string of the molecule is CC(C)COc1ccc(C2=C(Sc3ccc(Cl)cc3)C(=O)N(C)C2=O)cc1. The summed E-state index contributed by atoms with van der Waals surface area (Å²) in [5.74, 6) is 0.574. The lowest BCUT2D eigenvalue weighted by atomic mass is 10.1. The van der Waals surface area contributed by atoms with E-state index in [1.165, 1.54) is 18.8 Å². The lowest BCUT2D eigenvalue weighted by Crippen LogP contribution is -2.26. The normalized spacial score (nSPS) is 14.5. The standard InChI is InChI=1S/C21H20ClNO3S/c1-13(2)12-26-16-8-4-14(5-9-16)18-19(21(25)23(3)20(18)24)27-17-10-6-15(22)7-11-17/h4-11,13H,12H2,1-3H3. The second-order valence-electron chi connectivity index (χ2n) is 6.66. The molecule has 0 fully saturated rings. The van der Waals surface area contributed by atoms with Crippen LogP contribution in [-0.4, -0.2) is 30.4 Å². The molecule has 1 heterocycles. The summed E-state index contributed by atoms with van der Waals surface area (Å²) in [6, 6.07) is 14.5. The summed E-state index contributed by atoms with van der Waals surface area (Å²) < 4.78 is 5.69. The average Bonchev–Trinajstić information content (AvgIpc) is 2.86. The molecule has 0 saturated heterocycles. The van der Waals surface area contributed by atoms with E-state index in [0.717, 1.165) is 15.5 Å². The van der Waals surface area contributed by atoms with E-state index in [4.69, 9.17) is 16.3 Å². The zero-order chi connectivity index (χ0) is 19.6. The van der Waals surface area contributed by atoms with Gasteiger partial charge < -0.3 is 4.74 Å². The first-order valence-electron chi connectivity index (χ1n) is 8.60. The maximum absolute atomic E-state index is 12.7. The third-order valence-corrected chi connectivity index (χ3v) is 5.35. The molecule has 1 aliphatic rings. The number of carbonyl (C=O) groups is 2. The number of hydrogen-bond donors (Lipinski definition) is 0. The molecule has 27 heavy (non-hydrogen) atoms. The van der Waals surface area contributed by atoms with Crippen molar-refractivity contribution in [3.05, 3.63) is 64.0 Å². The molecule has 0 aromatic heterocycles. The predicted molar refractivity (Wildman–Crippen MR) is 109 cm³/mol. The minimum absolute atomic E-state index is 0.296. The van der Waals surface area contributed by atoms with E-state index in [-0.39, 0.29) is 11.8 Å². The molecule has 0 bridgehead atoms. The first kappa shape index (κ1) is 19.5. The van der Waals surface area contributed by atoms with E-state index < -0.39 is 0 Å². The Labute approximate surface area is 168 Å². The van der Waals surface area contributed by atoms with Crippen LogP contribution in [0, 0.1) is 5.92 Å². The Bertz CT molecular complexity index is 889. The zero-order valence-electron chi connectivity index (χ0n) is 15.4. The Kier molecular flexibility index (Phi) is 5.92. The van der Waals surface area contributed by atoms with Crippen LogP contribution < -0.4 is 4.74 Å². The molecule has 0 radical (unpaired) electrons. The fraction of sp³-hybridized carbons (Fsp3) is 0.238. The molecule has 0 atom stereocenters. The Morgan fingerprint density at radius 1 is 1.00 bits per heavy atom. The van der Waals surface area contributed by atoms with Crippen LogP contribution in [0.5, 0.6) is 5.75 Å². The highest BCUT2D eigenvalue weighted by molar-refractivity contribution is 8.04. The maximum Gasteiger partial charge on any atom is 0.268 e. The molecule has 0 aliphatic carbocycles. The summed E-state index contributed by atoms with van der Waals surface area (Å²) in [5, 5.41) is 0.622. The summed E-state index contributed by atoms with van der Waals surface area (Å²) in [6.07, 6.45) is 0. The number of benzene rings is 2. The van der Waals surface area contributed by atoms with Crippen molar-refractivity contribution in [2.75, 3.05) is 13.7 Å². The lowest BCUT2D eigenvalue weighted by molar-refractivity contribution is -0.134. The van der Waals surface area contributed by atoms with Gasteiger partial charge in [-0.05, 0) is 47.9 Å². The summed E-state index contributed by atoms with van der Waals surface area (Å²) in [6.45, 7) is 4.79. The topological polar surface area (TPSA) is 46.6 Å². The van der Waals surface area contributed by atoms with Crippen LogP contribution in [0.25, 0.3) is 5.57 Å². The lowest BCUT2D eigenvalue weighted by Gasteiger charge is -2.10. The molecule has 140 valence electrons. The molecule has 0 spiro atoms. The number of hydrogen-bond acceptors (Lipinski definition) is 4. The van der Waals surface area contributed by atoms with Crippen molar-refractivity contribution in [1.29, 1.82) is 0 Å². The van der Waals surface area contributed by atoms with Crippen LogP contribution in [0.15, 0.2) is 58.3 Å². The molecule has 4 nitrogen and oxygen atoms in total. The van der Waals surface area contributed by atoms with Crippen molar-refractivity contribution in [2.24, 2.45) is 5.92 Å². The minimum Gasteiger partial charge on any atom is -0.493 e. The van der Waals surface area contributed by atoms with Gasteiger partial charge in [-0.1, -0.05) is 49.3 Å². The van der Waals surface area contributed by atoms with Gasteiger partial charge in [0.1, 0.15) is 5.75 Å². The molecule has 2 aromatic carbocycles. The van der Waals surface area contributed by atoms with Crippen LogP contribution in [0.1, 0.15) is 19.4 Å². The predicted octanol–water partition coefficient (Wildman–Crippen LogP) is 4.88. The highest BCUT2D eigenvalue weighted by Crippen LogP contribution is 2.39. The Hall–Kier alpha value is -2.24. The van der Waals surface area contributed by atoms with E-state index in [9.17, 15) is 9.59 Å². The van der Waals surface area contributed by atoms with Crippen molar-refractivity contribution in [3.63, 3.8) is 0 Å². The van der Waals surface area contributed by atoms with Gasteiger partial charge in [0.25, 0.3) is 11.8 Å². The number of thioether (sulfide) groups is 1. The number of halogens is 1. The molecule has 0 N–H and O–H groups in total. The van der Waals surface area contributed by atoms with Gasteiger partial charge >= 0.3 is 0 Å². The molecule has 1 aliphatic heterocycles. The van der Waals surface area contributed by atoms with Crippen LogP contribution in [-0.2, 0) is 9.59 Å². The first-order chi connectivity index (χ1) is 12.9. The van der Waals surface area contributed by atoms with Gasteiger partial charge in [-0.3, -0.25) is 14.5 Å². The Balaban J connectivity index is 1.92. The van der Waals surface area contributed by atoms with E-state index in [1.807, 2.05) is 36.4 Å². The number of imide groups is 1. The second kappa shape index (κ2) is 8.19. The number of ether oxygens (including phenoxy) is 1. The largest absolute Gasteiger partial charge is 0.493 e. The van der Waals surface area contributed by atoms with Crippen molar-refractivity contribution in [3.8, 4) is 5.75 Å². The van der Waals surface area contributed by atoms with Gasteiger partial charge in [-0.2, -0.15) is 0 Å². The number of carbonyl (C=O) groups excluding carboxylic acids is 2. The van der Waals surface area contributed by atoms with Crippen LogP contribution in [0.2, 0.25) is 5.02 Å².